The number of pyridine rings is 1. The minimum Gasteiger partial charge on any atom is -0.469 e. The average molecular weight is 309 g/mol. The fourth-order valence-corrected chi connectivity index (χ4v) is 1.96. The van der Waals surface area contributed by atoms with Crippen molar-refractivity contribution in [3.8, 4) is 0 Å². The van der Waals surface area contributed by atoms with Crippen molar-refractivity contribution in [1.82, 2.24) is 4.98 Å². The Labute approximate surface area is 105 Å². The first kappa shape index (κ1) is 14.0. The van der Waals surface area contributed by atoms with Gasteiger partial charge in [-0.2, -0.15) is 0 Å². The monoisotopic (exact) mass is 308 g/mol. The number of halogens is 3. The lowest BCUT2D eigenvalue weighted by molar-refractivity contribution is -0.139. The van der Waals surface area contributed by atoms with Crippen molar-refractivity contribution in [2.24, 2.45) is 5.73 Å². The smallest absolute Gasteiger partial charge is 0.311 e. The Morgan fingerprint density at radius 3 is 2.76 bits per heavy atom. The number of methoxy groups -OCH3 is 1. The van der Waals surface area contributed by atoms with E-state index in [0.717, 1.165) is 0 Å². The molecule has 0 aliphatic heterocycles. The number of rotatable bonds is 4. The molecule has 1 aromatic rings. The Balaban J connectivity index is 3.21. The van der Waals surface area contributed by atoms with Gasteiger partial charge in [-0.3, -0.25) is 9.78 Å². The van der Waals surface area contributed by atoms with Crippen LogP contribution in [0, 0.1) is 0 Å². The lowest BCUT2D eigenvalue weighted by Crippen LogP contribution is -2.11. The van der Waals surface area contributed by atoms with Crippen LogP contribution in [0.3, 0.4) is 0 Å². The fourth-order valence-electron chi connectivity index (χ4n) is 1.30. The van der Waals surface area contributed by atoms with Crippen molar-refractivity contribution in [3.05, 3.63) is 27.5 Å². The van der Waals surface area contributed by atoms with Crippen LogP contribution in [0.2, 0.25) is 0 Å². The quantitative estimate of drug-likeness (QED) is 0.864. The van der Waals surface area contributed by atoms with Gasteiger partial charge in [-0.05, 0) is 21.5 Å². The van der Waals surface area contributed by atoms with Gasteiger partial charge in [-0.25, -0.2) is 8.78 Å². The van der Waals surface area contributed by atoms with Gasteiger partial charge in [0.25, 0.3) is 6.43 Å². The van der Waals surface area contributed by atoms with Crippen LogP contribution in [0.1, 0.15) is 23.2 Å². The summed E-state index contributed by atoms with van der Waals surface area (Å²) in [6.45, 7) is 0.0891. The highest BCUT2D eigenvalue weighted by Gasteiger charge is 2.22. The first-order chi connectivity index (χ1) is 8.01. The van der Waals surface area contributed by atoms with Crippen molar-refractivity contribution in [1.29, 1.82) is 0 Å². The van der Waals surface area contributed by atoms with E-state index in [-0.39, 0.29) is 28.7 Å². The maximum Gasteiger partial charge on any atom is 0.311 e. The van der Waals surface area contributed by atoms with Gasteiger partial charge in [0, 0.05) is 17.2 Å². The summed E-state index contributed by atoms with van der Waals surface area (Å²) in [6.07, 6.45) is -1.66. The number of aromatic nitrogens is 1. The molecule has 0 atom stereocenters. The molecule has 1 aromatic heterocycles. The predicted octanol–water partition coefficient (Wildman–Crippen LogP) is 1.96. The molecule has 0 fully saturated rings. The molecule has 4 nitrogen and oxygen atoms in total. The fraction of sp³-hybridized carbons (Fsp3) is 0.400. The normalized spacial score (nSPS) is 10.7. The van der Waals surface area contributed by atoms with Gasteiger partial charge in [0.05, 0.1) is 24.8 Å². The van der Waals surface area contributed by atoms with E-state index in [0.29, 0.717) is 5.56 Å². The van der Waals surface area contributed by atoms with E-state index in [4.69, 9.17) is 5.73 Å². The topological polar surface area (TPSA) is 65.2 Å². The highest BCUT2D eigenvalue weighted by Crippen LogP contribution is 2.32. The average Bonchev–Trinajstić information content (AvgIpc) is 2.28. The van der Waals surface area contributed by atoms with Gasteiger partial charge in [0.2, 0.25) is 0 Å². The Kier molecular flexibility index (Phi) is 4.95. The van der Waals surface area contributed by atoms with Gasteiger partial charge < -0.3 is 10.5 Å². The number of nitrogens with two attached hydrogens (primary N) is 1. The zero-order valence-corrected chi connectivity index (χ0v) is 10.6. The second-order valence-corrected chi connectivity index (χ2v) is 4.01. The van der Waals surface area contributed by atoms with Crippen LogP contribution in [0.5, 0.6) is 0 Å². The molecule has 0 spiro atoms. The maximum absolute atomic E-state index is 12.9. The number of alkyl halides is 2. The Morgan fingerprint density at radius 2 is 2.29 bits per heavy atom. The Bertz CT molecular complexity index is 427. The molecule has 0 bridgehead atoms. The maximum atomic E-state index is 12.9. The molecule has 0 aromatic carbocycles. The highest BCUT2D eigenvalue weighted by molar-refractivity contribution is 9.10. The first-order valence-electron chi connectivity index (χ1n) is 4.72. The van der Waals surface area contributed by atoms with Gasteiger partial charge in [0.1, 0.15) is 0 Å². The van der Waals surface area contributed by atoms with Crippen LogP contribution in [0.4, 0.5) is 8.78 Å². The van der Waals surface area contributed by atoms with Crippen LogP contribution in [0.15, 0.2) is 10.7 Å². The van der Waals surface area contributed by atoms with Gasteiger partial charge in [0.15, 0.2) is 0 Å². The third-order valence-corrected chi connectivity index (χ3v) is 3.12. The van der Waals surface area contributed by atoms with E-state index in [2.05, 4.69) is 25.7 Å². The molecule has 2 N–H and O–H groups in total. The lowest BCUT2D eigenvalue weighted by atomic mass is 10.1. The number of esters is 1. The molecule has 0 saturated carbocycles. The third kappa shape index (κ3) is 3.19. The molecule has 94 valence electrons. The molecule has 7 heteroatoms. The van der Waals surface area contributed by atoms with Gasteiger partial charge in [-0.15, -0.1) is 0 Å². The molecule has 0 aliphatic carbocycles. The number of carbonyl (C=O) groups is 1. The molecule has 0 aliphatic rings. The van der Waals surface area contributed by atoms with Crippen molar-refractivity contribution in [2.75, 3.05) is 7.11 Å². The molecular weight excluding hydrogens is 298 g/mol. The SMILES string of the molecule is COC(=O)Cc1ncc(CN)c(Br)c1C(F)F. The molecule has 1 heterocycles. The molecule has 0 radical (unpaired) electrons. The summed E-state index contributed by atoms with van der Waals surface area (Å²) >= 11 is 3.05. The summed E-state index contributed by atoms with van der Waals surface area (Å²) < 4.78 is 30.4. The highest BCUT2D eigenvalue weighted by atomic mass is 79.9. The standard InChI is InChI=1S/C10H11BrF2N2O2/c1-17-7(16)2-6-8(10(12)13)9(11)5(3-14)4-15-6/h4,10H,2-3,14H2,1H3. The van der Waals surface area contributed by atoms with Crippen LogP contribution in [-0.2, 0) is 22.5 Å². The second-order valence-electron chi connectivity index (χ2n) is 3.22. The van der Waals surface area contributed by atoms with E-state index in [1.165, 1.54) is 13.3 Å². The predicted molar refractivity (Wildman–Crippen MR) is 60.5 cm³/mol. The summed E-state index contributed by atoms with van der Waals surface area (Å²) in [5.41, 5.74) is 5.55. The van der Waals surface area contributed by atoms with Gasteiger partial charge >= 0.3 is 5.97 Å². The summed E-state index contributed by atoms with van der Waals surface area (Å²) in [6, 6.07) is 0. The summed E-state index contributed by atoms with van der Waals surface area (Å²) in [7, 11) is 1.19. The van der Waals surface area contributed by atoms with E-state index in [9.17, 15) is 13.6 Å². The van der Waals surface area contributed by atoms with E-state index in [1.54, 1.807) is 0 Å². The zero-order valence-electron chi connectivity index (χ0n) is 9.04. The summed E-state index contributed by atoms with van der Waals surface area (Å²) in [5, 5.41) is 0. The number of nitrogens with zero attached hydrogens (tertiary/aromatic N) is 1. The zero-order chi connectivity index (χ0) is 13.0. The third-order valence-electron chi connectivity index (χ3n) is 2.18. The van der Waals surface area contributed by atoms with E-state index >= 15 is 0 Å². The number of hydrogen-bond donors (Lipinski definition) is 1. The minimum atomic E-state index is -2.73. The summed E-state index contributed by atoms with van der Waals surface area (Å²) in [4.78, 5) is 14.9. The Morgan fingerprint density at radius 1 is 1.65 bits per heavy atom. The van der Waals surface area contributed by atoms with Crippen LogP contribution >= 0.6 is 15.9 Å². The summed E-state index contributed by atoms with van der Waals surface area (Å²) in [5.74, 6) is -0.619. The molecule has 0 unspecified atom stereocenters. The molecule has 0 saturated heterocycles. The van der Waals surface area contributed by atoms with Crippen molar-refractivity contribution in [3.63, 3.8) is 0 Å². The second kappa shape index (κ2) is 6.02. The lowest BCUT2D eigenvalue weighted by Gasteiger charge is -2.12. The largest absolute Gasteiger partial charge is 0.469 e. The number of hydrogen-bond acceptors (Lipinski definition) is 4. The first-order valence-corrected chi connectivity index (χ1v) is 5.51. The van der Waals surface area contributed by atoms with Crippen LogP contribution < -0.4 is 5.73 Å². The van der Waals surface area contributed by atoms with E-state index < -0.39 is 12.4 Å². The molecule has 1 rings (SSSR count). The number of ether oxygens (including phenoxy) is 1. The van der Waals surface area contributed by atoms with Crippen molar-refractivity contribution < 1.29 is 18.3 Å². The molecule has 0 amide bonds. The molecule has 17 heavy (non-hydrogen) atoms. The molecular formula is C10H11BrF2N2O2. The van der Waals surface area contributed by atoms with Gasteiger partial charge in [-0.1, -0.05) is 0 Å². The van der Waals surface area contributed by atoms with Crippen molar-refractivity contribution in [2.45, 2.75) is 19.4 Å². The minimum absolute atomic E-state index is 0.00377. The Hall–Kier alpha value is -1.08. The van der Waals surface area contributed by atoms with Crippen LogP contribution in [0.25, 0.3) is 0 Å². The van der Waals surface area contributed by atoms with Crippen LogP contribution in [-0.4, -0.2) is 18.1 Å². The number of carbonyl (C=O) groups excluding carboxylic acids is 1. The van der Waals surface area contributed by atoms with Crippen molar-refractivity contribution >= 4 is 21.9 Å². The van der Waals surface area contributed by atoms with E-state index in [1.807, 2.05) is 0 Å².